The number of aromatic nitrogens is 1. The molecular weight excluding hydrogens is 352 g/mol. The van der Waals surface area contributed by atoms with Crippen LogP contribution in [0.15, 0.2) is 10.5 Å². The maximum absolute atomic E-state index is 12.7. The topological polar surface area (TPSA) is 50.2 Å². The van der Waals surface area contributed by atoms with Crippen LogP contribution in [0.25, 0.3) is 0 Å². The van der Waals surface area contributed by atoms with Gasteiger partial charge in [0.1, 0.15) is 0 Å². The molecule has 1 aromatic heterocycles. The van der Waals surface area contributed by atoms with Gasteiger partial charge >= 0.3 is 5.97 Å². The molecule has 16 heavy (non-hydrogen) atoms. The van der Waals surface area contributed by atoms with Gasteiger partial charge in [-0.25, -0.2) is 8.78 Å². The van der Waals surface area contributed by atoms with Gasteiger partial charge in [0.15, 0.2) is 0 Å². The molecule has 3 nitrogen and oxygen atoms in total. The lowest BCUT2D eigenvalue weighted by Crippen LogP contribution is -2.08. The molecule has 0 radical (unpaired) electrons. The van der Waals surface area contributed by atoms with Gasteiger partial charge < -0.3 is 5.11 Å². The smallest absolute Gasteiger partial charge is 0.309 e. The first-order valence-electron chi connectivity index (χ1n) is 4.19. The minimum absolute atomic E-state index is 0.105. The first-order valence-corrected chi connectivity index (χ1v) is 6.11. The molecule has 88 valence electrons. The molecule has 1 heterocycles. The summed E-state index contributed by atoms with van der Waals surface area (Å²) in [6.07, 6.45) is -3.26. The predicted molar refractivity (Wildman–Crippen MR) is 60.9 cm³/mol. The van der Waals surface area contributed by atoms with Crippen molar-refractivity contribution in [3.8, 4) is 0 Å². The summed E-state index contributed by atoms with van der Waals surface area (Å²) in [6.45, 7) is 0. The van der Waals surface area contributed by atoms with E-state index in [1.165, 1.54) is 6.07 Å². The van der Waals surface area contributed by atoms with E-state index in [1.54, 1.807) is 0 Å². The average molecular weight is 359 g/mol. The van der Waals surface area contributed by atoms with Crippen molar-refractivity contribution < 1.29 is 18.7 Å². The Bertz CT molecular complexity index is 413. The number of carboxylic acids is 1. The Kier molecular flexibility index (Phi) is 4.79. The van der Waals surface area contributed by atoms with Gasteiger partial charge in [0.25, 0.3) is 6.43 Å². The molecule has 0 bridgehead atoms. The van der Waals surface area contributed by atoms with Crippen LogP contribution in [0, 0.1) is 0 Å². The second kappa shape index (κ2) is 5.67. The zero-order chi connectivity index (χ0) is 12.3. The van der Waals surface area contributed by atoms with Crippen LogP contribution in [-0.4, -0.2) is 16.1 Å². The average Bonchev–Trinajstić information content (AvgIpc) is 2.14. The van der Waals surface area contributed by atoms with E-state index in [9.17, 15) is 13.6 Å². The second-order valence-corrected chi connectivity index (χ2v) is 4.38. The van der Waals surface area contributed by atoms with Gasteiger partial charge in [-0.05, 0) is 6.07 Å². The molecule has 0 aliphatic heterocycles. The summed E-state index contributed by atoms with van der Waals surface area (Å²) in [6, 6.07) is 1.45. The van der Waals surface area contributed by atoms with Gasteiger partial charge in [0, 0.05) is 9.80 Å². The third-order valence-electron chi connectivity index (χ3n) is 1.81. The van der Waals surface area contributed by atoms with Crippen molar-refractivity contribution in [1.82, 2.24) is 4.98 Å². The fourth-order valence-corrected chi connectivity index (χ4v) is 2.16. The van der Waals surface area contributed by atoms with E-state index >= 15 is 0 Å². The van der Waals surface area contributed by atoms with Crippen molar-refractivity contribution in [2.75, 3.05) is 0 Å². The van der Waals surface area contributed by atoms with E-state index < -0.39 is 18.8 Å². The number of aliphatic carboxylic acids is 1. The minimum Gasteiger partial charge on any atom is -0.481 e. The summed E-state index contributed by atoms with van der Waals surface area (Å²) in [5, 5.41) is 8.99. The van der Waals surface area contributed by atoms with Gasteiger partial charge in [-0.2, -0.15) is 0 Å². The highest BCUT2D eigenvalue weighted by molar-refractivity contribution is 9.10. The molecular formula is C9H7Br2F2NO2. The summed E-state index contributed by atoms with van der Waals surface area (Å²) in [5.41, 5.74) is 0.0472. The van der Waals surface area contributed by atoms with Crippen LogP contribution in [0.4, 0.5) is 8.78 Å². The lowest BCUT2D eigenvalue weighted by Gasteiger charge is -2.10. The molecule has 0 aliphatic rings. The van der Waals surface area contributed by atoms with Crippen LogP contribution in [0.2, 0.25) is 0 Å². The predicted octanol–water partition coefficient (Wildman–Crippen LogP) is 3.30. The Labute approximate surface area is 107 Å². The number of hydrogen-bond donors (Lipinski definition) is 1. The zero-order valence-corrected chi connectivity index (χ0v) is 11.1. The number of carboxylic acid groups (broad SMARTS) is 1. The Morgan fingerprint density at radius 1 is 1.56 bits per heavy atom. The highest BCUT2D eigenvalue weighted by Gasteiger charge is 2.20. The monoisotopic (exact) mass is 357 g/mol. The zero-order valence-electron chi connectivity index (χ0n) is 7.88. The number of nitrogens with zero attached hydrogens (tertiary/aromatic N) is 1. The molecule has 0 atom stereocenters. The van der Waals surface area contributed by atoms with E-state index in [4.69, 9.17) is 5.11 Å². The fraction of sp³-hybridized carbons (Fsp3) is 0.333. The first-order chi connectivity index (χ1) is 7.45. The third-order valence-corrected chi connectivity index (χ3v) is 3.04. The largest absolute Gasteiger partial charge is 0.481 e. The van der Waals surface area contributed by atoms with E-state index in [2.05, 4.69) is 36.8 Å². The first kappa shape index (κ1) is 13.5. The molecule has 0 spiro atoms. The standard InChI is InChI=1S/C9H7Br2F2NO2/c10-3-4-1-5(11)8(9(12)13)6(14-4)2-7(15)16/h1,9H,2-3H2,(H,15,16). The molecule has 1 N–H and O–H groups in total. The molecule has 1 rings (SSSR count). The summed E-state index contributed by atoms with van der Waals surface area (Å²) < 4.78 is 25.6. The quantitative estimate of drug-likeness (QED) is 0.840. The number of rotatable bonds is 4. The minimum atomic E-state index is -2.75. The summed E-state index contributed by atoms with van der Waals surface area (Å²) >= 11 is 6.13. The summed E-state index contributed by atoms with van der Waals surface area (Å²) in [5.74, 6) is -1.19. The molecule has 0 unspecified atom stereocenters. The van der Waals surface area contributed by atoms with Gasteiger partial charge in [0.05, 0.1) is 23.4 Å². The van der Waals surface area contributed by atoms with Gasteiger partial charge in [-0.3, -0.25) is 9.78 Å². The lowest BCUT2D eigenvalue weighted by atomic mass is 10.1. The normalized spacial score (nSPS) is 10.8. The molecule has 7 heteroatoms. The molecule has 1 aromatic rings. The van der Waals surface area contributed by atoms with Crippen molar-refractivity contribution in [3.63, 3.8) is 0 Å². The Balaban J connectivity index is 3.28. The van der Waals surface area contributed by atoms with Crippen molar-refractivity contribution in [2.24, 2.45) is 0 Å². The van der Waals surface area contributed by atoms with E-state index in [-0.39, 0.29) is 15.7 Å². The second-order valence-electron chi connectivity index (χ2n) is 2.96. The number of hydrogen-bond acceptors (Lipinski definition) is 2. The number of halogens is 4. The van der Waals surface area contributed by atoms with E-state index in [0.29, 0.717) is 11.0 Å². The van der Waals surface area contributed by atoms with Gasteiger partial charge in [0.2, 0.25) is 0 Å². The van der Waals surface area contributed by atoms with Crippen molar-refractivity contribution in [3.05, 3.63) is 27.5 Å². The molecule has 0 aliphatic carbocycles. The maximum Gasteiger partial charge on any atom is 0.309 e. The highest BCUT2D eigenvalue weighted by Crippen LogP contribution is 2.31. The number of carbonyl (C=O) groups is 1. The van der Waals surface area contributed by atoms with Crippen LogP contribution >= 0.6 is 31.9 Å². The molecule has 0 saturated heterocycles. The Morgan fingerprint density at radius 2 is 2.19 bits per heavy atom. The van der Waals surface area contributed by atoms with E-state index in [1.807, 2.05) is 0 Å². The van der Waals surface area contributed by atoms with Crippen LogP contribution in [0.1, 0.15) is 23.4 Å². The molecule has 0 saturated carbocycles. The van der Waals surface area contributed by atoms with Crippen LogP contribution in [-0.2, 0) is 16.5 Å². The fourth-order valence-electron chi connectivity index (χ4n) is 1.20. The van der Waals surface area contributed by atoms with Crippen LogP contribution < -0.4 is 0 Å². The Morgan fingerprint density at radius 3 is 2.62 bits per heavy atom. The molecule has 0 aromatic carbocycles. The lowest BCUT2D eigenvalue weighted by molar-refractivity contribution is -0.136. The molecule has 0 amide bonds. The Hall–Kier alpha value is -0.560. The number of pyridine rings is 1. The van der Waals surface area contributed by atoms with Crippen LogP contribution in [0.5, 0.6) is 0 Å². The van der Waals surface area contributed by atoms with Crippen molar-refractivity contribution in [1.29, 1.82) is 0 Å². The third kappa shape index (κ3) is 3.21. The van der Waals surface area contributed by atoms with Gasteiger partial charge in [-0.15, -0.1) is 0 Å². The van der Waals surface area contributed by atoms with E-state index in [0.717, 1.165) is 0 Å². The SMILES string of the molecule is O=C(O)Cc1nc(CBr)cc(Br)c1C(F)F. The van der Waals surface area contributed by atoms with Crippen molar-refractivity contribution in [2.45, 2.75) is 18.2 Å². The summed E-state index contributed by atoms with van der Waals surface area (Å²) in [7, 11) is 0. The highest BCUT2D eigenvalue weighted by atomic mass is 79.9. The van der Waals surface area contributed by atoms with Crippen molar-refractivity contribution >= 4 is 37.8 Å². The maximum atomic E-state index is 12.7. The number of alkyl halides is 3. The summed E-state index contributed by atoms with van der Waals surface area (Å²) in [4.78, 5) is 14.4. The van der Waals surface area contributed by atoms with Gasteiger partial charge in [-0.1, -0.05) is 31.9 Å². The van der Waals surface area contributed by atoms with Crippen LogP contribution in [0.3, 0.4) is 0 Å². The molecule has 0 fully saturated rings.